The van der Waals surface area contributed by atoms with Gasteiger partial charge >= 0.3 is 0 Å². The fraction of sp³-hybridized carbons (Fsp3) is 0.400. The van der Waals surface area contributed by atoms with Crippen molar-refractivity contribution in [2.45, 2.75) is 31.8 Å². The van der Waals surface area contributed by atoms with E-state index in [9.17, 15) is 4.79 Å². The molecule has 1 aliphatic rings. The van der Waals surface area contributed by atoms with Crippen LogP contribution in [-0.4, -0.2) is 55.9 Å². The molecule has 0 aliphatic carbocycles. The van der Waals surface area contributed by atoms with E-state index in [4.69, 9.17) is 11.6 Å². The Kier molecular flexibility index (Phi) is 5.28. The van der Waals surface area contributed by atoms with Crippen molar-refractivity contribution in [2.75, 3.05) is 20.6 Å². The summed E-state index contributed by atoms with van der Waals surface area (Å²) in [5.74, 6) is -0.0921. The topological polar surface area (TPSA) is 66.6 Å². The van der Waals surface area contributed by atoms with Gasteiger partial charge in [0.2, 0.25) is 0 Å². The van der Waals surface area contributed by atoms with Crippen LogP contribution in [0.3, 0.4) is 0 Å². The molecule has 1 unspecified atom stereocenters. The Morgan fingerprint density at radius 3 is 2.82 bits per heavy atom. The van der Waals surface area contributed by atoms with Gasteiger partial charge in [-0.05, 0) is 37.6 Å². The molecule has 146 valence electrons. The quantitative estimate of drug-likeness (QED) is 0.675. The van der Waals surface area contributed by atoms with Gasteiger partial charge in [-0.25, -0.2) is 9.50 Å². The summed E-state index contributed by atoms with van der Waals surface area (Å²) in [6, 6.07) is 6.04. The number of carbonyl (C=O) groups excluding carboxylic acids is 1. The standard InChI is InChI=1S/C20H23ClN6O/c1-25(2)20(28)16-12-24-27-18(8-9-22-19(16)27)17-5-3-4-10-26(17)13-15-7-6-14(21)11-23-15/h6-9,11-12,17H,3-5,10,13H2,1-2H3. The highest BCUT2D eigenvalue weighted by Crippen LogP contribution is 2.32. The van der Waals surface area contributed by atoms with E-state index in [1.54, 1.807) is 37.6 Å². The largest absolute Gasteiger partial charge is 0.345 e. The Bertz CT molecular complexity index is 984. The molecule has 4 heterocycles. The highest BCUT2D eigenvalue weighted by atomic mass is 35.5. The lowest BCUT2D eigenvalue weighted by Gasteiger charge is -2.35. The normalized spacial score (nSPS) is 17.8. The molecule has 0 saturated carbocycles. The van der Waals surface area contributed by atoms with E-state index in [-0.39, 0.29) is 11.9 Å². The second-order valence-corrected chi connectivity index (χ2v) is 7.75. The van der Waals surface area contributed by atoms with Crippen LogP contribution in [0.1, 0.15) is 47.1 Å². The van der Waals surface area contributed by atoms with Crippen LogP contribution in [0.15, 0.2) is 36.8 Å². The summed E-state index contributed by atoms with van der Waals surface area (Å²) in [7, 11) is 3.47. The Balaban J connectivity index is 1.68. The third-order valence-corrected chi connectivity index (χ3v) is 5.40. The minimum Gasteiger partial charge on any atom is -0.345 e. The molecule has 3 aromatic heterocycles. The van der Waals surface area contributed by atoms with E-state index in [1.807, 2.05) is 22.7 Å². The number of hydrogen-bond donors (Lipinski definition) is 0. The number of aromatic nitrogens is 4. The Morgan fingerprint density at radius 1 is 1.21 bits per heavy atom. The summed E-state index contributed by atoms with van der Waals surface area (Å²) in [5.41, 5.74) is 3.17. The lowest BCUT2D eigenvalue weighted by molar-refractivity contribution is 0.0829. The summed E-state index contributed by atoms with van der Waals surface area (Å²) in [4.78, 5) is 25.3. The third kappa shape index (κ3) is 3.59. The zero-order valence-corrected chi connectivity index (χ0v) is 16.8. The number of halogens is 1. The van der Waals surface area contributed by atoms with Crippen molar-refractivity contribution in [1.82, 2.24) is 29.4 Å². The monoisotopic (exact) mass is 398 g/mol. The fourth-order valence-corrected chi connectivity index (χ4v) is 3.89. The van der Waals surface area contributed by atoms with Crippen LogP contribution in [0.5, 0.6) is 0 Å². The van der Waals surface area contributed by atoms with Gasteiger partial charge in [0.15, 0.2) is 5.65 Å². The van der Waals surface area contributed by atoms with Crippen LogP contribution in [0.4, 0.5) is 0 Å². The molecule has 0 N–H and O–H groups in total. The summed E-state index contributed by atoms with van der Waals surface area (Å²) < 4.78 is 1.81. The molecule has 1 saturated heterocycles. The van der Waals surface area contributed by atoms with Crippen LogP contribution in [0.25, 0.3) is 5.65 Å². The van der Waals surface area contributed by atoms with Crippen LogP contribution in [0, 0.1) is 0 Å². The third-order valence-electron chi connectivity index (χ3n) is 5.18. The maximum absolute atomic E-state index is 12.4. The number of carbonyl (C=O) groups is 1. The summed E-state index contributed by atoms with van der Waals surface area (Å²) in [5, 5.41) is 5.14. The van der Waals surface area contributed by atoms with Gasteiger partial charge in [-0.1, -0.05) is 18.0 Å². The minimum atomic E-state index is -0.0921. The number of pyridine rings is 1. The molecule has 0 bridgehead atoms. The van der Waals surface area contributed by atoms with Crippen molar-refractivity contribution in [3.8, 4) is 0 Å². The highest BCUT2D eigenvalue weighted by molar-refractivity contribution is 6.30. The second-order valence-electron chi connectivity index (χ2n) is 7.31. The van der Waals surface area contributed by atoms with E-state index in [0.717, 1.165) is 43.7 Å². The van der Waals surface area contributed by atoms with E-state index >= 15 is 0 Å². The van der Waals surface area contributed by atoms with Gasteiger partial charge in [0.25, 0.3) is 5.91 Å². The summed E-state index contributed by atoms with van der Waals surface area (Å²) in [6.07, 6.45) is 8.41. The summed E-state index contributed by atoms with van der Waals surface area (Å²) >= 11 is 5.97. The number of likely N-dealkylation sites (tertiary alicyclic amines) is 1. The predicted octanol–water partition coefficient (Wildman–Crippen LogP) is 3.21. The molecule has 1 fully saturated rings. The van der Waals surface area contributed by atoms with Gasteiger partial charge in [-0.15, -0.1) is 0 Å². The fourth-order valence-electron chi connectivity index (χ4n) is 3.78. The first-order valence-corrected chi connectivity index (χ1v) is 9.81. The van der Waals surface area contributed by atoms with Crippen molar-refractivity contribution >= 4 is 23.2 Å². The van der Waals surface area contributed by atoms with Crippen molar-refractivity contribution < 1.29 is 4.79 Å². The lowest BCUT2D eigenvalue weighted by atomic mass is 9.98. The van der Waals surface area contributed by atoms with Crippen LogP contribution in [0.2, 0.25) is 5.02 Å². The molecule has 8 heteroatoms. The van der Waals surface area contributed by atoms with Crippen LogP contribution in [-0.2, 0) is 6.54 Å². The molecule has 28 heavy (non-hydrogen) atoms. The zero-order valence-electron chi connectivity index (χ0n) is 16.0. The molecule has 4 rings (SSSR count). The van der Waals surface area contributed by atoms with E-state index in [2.05, 4.69) is 20.0 Å². The Morgan fingerprint density at radius 2 is 2.07 bits per heavy atom. The summed E-state index contributed by atoms with van der Waals surface area (Å²) in [6.45, 7) is 1.74. The molecule has 1 amide bonds. The van der Waals surface area contributed by atoms with E-state index in [1.165, 1.54) is 0 Å². The minimum absolute atomic E-state index is 0.0921. The molecule has 3 aromatic rings. The van der Waals surface area contributed by atoms with Crippen LogP contribution < -0.4 is 0 Å². The van der Waals surface area contributed by atoms with Gasteiger partial charge in [-0.2, -0.15) is 5.10 Å². The molecule has 0 aromatic carbocycles. The number of piperidine rings is 1. The Hall–Kier alpha value is -2.51. The van der Waals surface area contributed by atoms with E-state index < -0.39 is 0 Å². The highest BCUT2D eigenvalue weighted by Gasteiger charge is 2.28. The first-order chi connectivity index (χ1) is 13.5. The first-order valence-electron chi connectivity index (χ1n) is 9.43. The SMILES string of the molecule is CN(C)C(=O)c1cnn2c(C3CCCCN3Cc3ccc(Cl)cn3)ccnc12. The molecule has 1 aliphatic heterocycles. The van der Waals surface area contributed by atoms with Gasteiger partial charge < -0.3 is 4.90 Å². The molecular weight excluding hydrogens is 376 g/mol. The predicted molar refractivity (Wildman–Crippen MR) is 107 cm³/mol. The second kappa shape index (κ2) is 7.85. The maximum atomic E-state index is 12.4. The van der Waals surface area contributed by atoms with Crippen molar-refractivity contribution in [2.24, 2.45) is 0 Å². The molecule has 0 spiro atoms. The number of hydrogen-bond acceptors (Lipinski definition) is 5. The molecular formula is C20H23ClN6O. The average molecular weight is 399 g/mol. The number of fused-ring (bicyclic) bond motifs is 1. The first kappa shape index (κ1) is 18.8. The number of rotatable bonds is 4. The van der Waals surface area contributed by atoms with Gasteiger partial charge in [0, 0.05) is 33.0 Å². The lowest BCUT2D eigenvalue weighted by Crippen LogP contribution is -2.34. The Labute approximate surface area is 168 Å². The van der Waals surface area contributed by atoms with Crippen molar-refractivity contribution in [3.63, 3.8) is 0 Å². The number of nitrogens with zero attached hydrogens (tertiary/aromatic N) is 6. The van der Waals surface area contributed by atoms with Crippen LogP contribution >= 0.6 is 11.6 Å². The van der Waals surface area contributed by atoms with Gasteiger partial charge in [0.05, 0.1) is 28.6 Å². The molecule has 1 atom stereocenters. The maximum Gasteiger partial charge on any atom is 0.258 e. The average Bonchev–Trinajstić information content (AvgIpc) is 3.14. The zero-order chi connectivity index (χ0) is 19.7. The van der Waals surface area contributed by atoms with Crippen molar-refractivity contribution in [1.29, 1.82) is 0 Å². The van der Waals surface area contributed by atoms with Crippen molar-refractivity contribution in [3.05, 3.63) is 58.8 Å². The van der Waals surface area contributed by atoms with Gasteiger partial charge in [0.1, 0.15) is 5.56 Å². The molecule has 0 radical (unpaired) electrons. The van der Waals surface area contributed by atoms with Gasteiger partial charge in [-0.3, -0.25) is 14.7 Å². The van der Waals surface area contributed by atoms with E-state index in [0.29, 0.717) is 16.2 Å². The molecule has 7 nitrogen and oxygen atoms in total. The number of amides is 1. The smallest absolute Gasteiger partial charge is 0.258 e.